The zero-order chi connectivity index (χ0) is 34.7. The Labute approximate surface area is 297 Å². The fraction of sp³-hybridized carbons (Fsp3) is 0.250. The first-order valence-electron chi connectivity index (χ1n) is 16.3. The van der Waals surface area contributed by atoms with Crippen LogP contribution >= 0.6 is 23.1 Å². The molecule has 4 N–H and O–H groups in total. The van der Waals surface area contributed by atoms with Crippen molar-refractivity contribution in [1.82, 2.24) is 34.2 Å². The monoisotopic (exact) mass is 707 g/mol. The molecule has 6 aromatic rings. The van der Waals surface area contributed by atoms with Gasteiger partial charge in [-0.15, -0.1) is 0 Å². The van der Waals surface area contributed by atoms with Crippen LogP contribution in [0.25, 0.3) is 20.2 Å². The van der Waals surface area contributed by atoms with Crippen molar-refractivity contribution in [3.05, 3.63) is 108 Å². The predicted molar refractivity (Wildman–Crippen MR) is 199 cm³/mol. The third-order valence-electron chi connectivity index (χ3n) is 8.05. The molecule has 2 aromatic carbocycles. The summed E-state index contributed by atoms with van der Waals surface area (Å²) in [6.07, 6.45) is 6.29. The zero-order valence-corrected chi connectivity index (χ0v) is 29.1. The quantitative estimate of drug-likeness (QED) is 0.130. The van der Waals surface area contributed by atoms with E-state index in [4.69, 9.17) is 0 Å². The first-order chi connectivity index (χ1) is 24.5. The van der Waals surface area contributed by atoms with Crippen molar-refractivity contribution in [2.24, 2.45) is 0 Å². The molecular weight excluding hydrogens is 671 g/mol. The van der Waals surface area contributed by atoms with Gasteiger partial charge in [-0.1, -0.05) is 29.8 Å². The molecule has 12 nitrogen and oxygen atoms in total. The number of carbonyl (C=O) groups excluding carboxylic acids is 3. The van der Waals surface area contributed by atoms with Crippen molar-refractivity contribution in [3.63, 3.8) is 0 Å². The molecule has 14 heteroatoms. The van der Waals surface area contributed by atoms with Crippen LogP contribution in [-0.2, 0) is 4.79 Å². The van der Waals surface area contributed by atoms with Gasteiger partial charge in [0.15, 0.2) is 0 Å². The number of fused-ring (bicyclic) bond motifs is 2. The van der Waals surface area contributed by atoms with Crippen molar-refractivity contribution in [2.75, 3.05) is 43.4 Å². The number of anilines is 2. The Morgan fingerprint density at radius 1 is 0.800 bits per heavy atom. The fourth-order valence-corrected chi connectivity index (χ4v) is 7.04. The van der Waals surface area contributed by atoms with Crippen molar-refractivity contribution in [2.45, 2.75) is 25.8 Å². The summed E-state index contributed by atoms with van der Waals surface area (Å²) in [7, 11) is 0. The zero-order valence-electron chi connectivity index (χ0n) is 27.5. The Morgan fingerprint density at radius 2 is 1.54 bits per heavy atom. The van der Waals surface area contributed by atoms with E-state index in [0.717, 1.165) is 38.2 Å². The minimum atomic E-state index is -0.436. The Balaban J connectivity index is 0.000000178. The topological polar surface area (TPSA) is 154 Å². The lowest BCUT2D eigenvalue weighted by molar-refractivity contribution is -0.124. The summed E-state index contributed by atoms with van der Waals surface area (Å²) >= 11 is 2.93. The van der Waals surface area contributed by atoms with Gasteiger partial charge >= 0.3 is 0 Å². The van der Waals surface area contributed by atoms with Crippen LogP contribution in [0.1, 0.15) is 39.3 Å². The van der Waals surface area contributed by atoms with E-state index in [0.29, 0.717) is 50.4 Å². The Hall–Kier alpha value is -5.47. The molecule has 1 fully saturated rings. The maximum Gasteiger partial charge on any atom is 0.273 e. The lowest BCUT2D eigenvalue weighted by atomic mass is 10.2. The standard InChI is InChI=1S/C20H21N5O2S.C16H16N4OS/c26-19(16-8-5-13-25(16)20(27)15-7-3-4-10-21-15)23-12-11-22-18-14-6-1-2-9-17(14)28-24-18;1-11-4-5-14-13(9-11)15(20-22-14)18-7-8-19-16(21)12-3-2-6-17-10-12/h1-4,6-7,9-10,16H,5,8,11-13H2,(H,22,24)(H,23,26);2-6,9-10H,7-8H2,1H3,(H,18,20)(H,19,21). The summed E-state index contributed by atoms with van der Waals surface area (Å²) in [5.41, 5.74) is 2.15. The molecule has 3 amide bonds. The highest BCUT2D eigenvalue weighted by molar-refractivity contribution is 7.14. The lowest BCUT2D eigenvalue weighted by Crippen LogP contribution is -2.47. The van der Waals surface area contributed by atoms with E-state index in [1.807, 2.05) is 24.3 Å². The van der Waals surface area contributed by atoms with Gasteiger partial charge in [0.2, 0.25) is 5.91 Å². The molecule has 1 unspecified atom stereocenters. The maximum atomic E-state index is 12.6. The van der Waals surface area contributed by atoms with Crippen LogP contribution < -0.4 is 21.3 Å². The average molecular weight is 708 g/mol. The third kappa shape index (κ3) is 8.57. The van der Waals surface area contributed by atoms with Gasteiger partial charge in [0.05, 0.1) is 15.0 Å². The summed E-state index contributed by atoms with van der Waals surface area (Å²) in [5, 5.41) is 14.5. The number of nitrogens with one attached hydrogen (secondary N) is 4. The van der Waals surface area contributed by atoms with Crippen LogP contribution in [0.4, 0.5) is 11.6 Å². The Bertz CT molecular complexity index is 2050. The Morgan fingerprint density at radius 3 is 2.30 bits per heavy atom. The molecule has 1 aliphatic heterocycles. The number of aromatic nitrogens is 4. The van der Waals surface area contributed by atoms with Crippen LogP contribution in [0, 0.1) is 6.92 Å². The number of hydrogen-bond acceptors (Lipinski definition) is 11. The van der Waals surface area contributed by atoms with Crippen LogP contribution in [-0.4, -0.2) is 80.1 Å². The van der Waals surface area contributed by atoms with Crippen LogP contribution in [0.15, 0.2) is 91.4 Å². The first-order valence-corrected chi connectivity index (χ1v) is 17.9. The summed E-state index contributed by atoms with van der Waals surface area (Å²) in [6, 6.07) is 22.6. The minimum absolute atomic E-state index is 0.117. The van der Waals surface area contributed by atoms with E-state index in [1.54, 1.807) is 53.8 Å². The largest absolute Gasteiger partial charge is 0.367 e. The summed E-state index contributed by atoms with van der Waals surface area (Å²) < 4.78 is 11.1. The van der Waals surface area contributed by atoms with E-state index < -0.39 is 6.04 Å². The van der Waals surface area contributed by atoms with E-state index >= 15 is 0 Å². The number of rotatable bonds is 11. The highest BCUT2D eigenvalue weighted by Gasteiger charge is 2.34. The molecule has 1 saturated heterocycles. The number of hydrogen-bond donors (Lipinski definition) is 4. The molecule has 1 atom stereocenters. The molecule has 4 aromatic heterocycles. The van der Waals surface area contributed by atoms with Crippen molar-refractivity contribution in [3.8, 4) is 0 Å². The SMILES string of the molecule is Cc1ccc2snc(NCCNC(=O)c3cccnc3)c2c1.O=C(NCCNc1nsc2ccccc12)C1CCCN1C(=O)c1ccccn1. The van der Waals surface area contributed by atoms with Gasteiger partial charge in [-0.3, -0.25) is 24.4 Å². The minimum Gasteiger partial charge on any atom is -0.367 e. The summed E-state index contributed by atoms with van der Waals surface area (Å²) in [5.74, 6) is 1.29. The number of likely N-dealkylation sites (tertiary alicyclic amines) is 1. The predicted octanol–water partition coefficient (Wildman–Crippen LogP) is 5.37. The van der Waals surface area contributed by atoms with Gasteiger partial charge < -0.3 is 26.2 Å². The molecule has 0 aliphatic carbocycles. The fourth-order valence-electron chi connectivity index (χ4n) is 5.55. The van der Waals surface area contributed by atoms with Gasteiger partial charge in [0.1, 0.15) is 23.4 Å². The second-order valence-corrected chi connectivity index (χ2v) is 13.2. The van der Waals surface area contributed by atoms with Gasteiger partial charge in [-0.25, -0.2) is 0 Å². The van der Waals surface area contributed by atoms with Crippen LogP contribution in [0.5, 0.6) is 0 Å². The first kappa shape index (κ1) is 34.4. The maximum absolute atomic E-state index is 12.6. The van der Waals surface area contributed by atoms with Crippen molar-refractivity contribution < 1.29 is 14.4 Å². The van der Waals surface area contributed by atoms with Crippen molar-refractivity contribution in [1.29, 1.82) is 0 Å². The van der Waals surface area contributed by atoms with E-state index in [-0.39, 0.29) is 17.7 Å². The van der Waals surface area contributed by atoms with E-state index in [1.165, 1.54) is 28.6 Å². The number of nitrogens with zero attached hydrogens (tertiary/aromatic N) is 5. The molecular formula is C36H37N9O3S2. The van der Waals surface area contributed by atoms with E-state index in [9.17, 15) is 14.4 Å². The molecule has 5 heterocycles. The normalized spacial score (nSPS) is 13.8. The van der Waals surface area contributed by atoms with Gasteiger partial charge in [0, 0.05) is 62.1 Å². The van der Waals surface area contributed by atoms with Gasteiger partial charge in [-0.2, -0.15) is 8.75 Å². The average Bonchev–Trinajstić information content (AvgIpc) is 3.91. The summed E-state index contributed by atoms with van der Waals surface area (Å²) in [4.78, 5) is 46.8. The molecule has 1 aliphatic rings. The van der Waals surface area contributed by atoms with Crippen LogP contribution in [0.2, 0.25) is 0 Å². The second-order valence-electron chi connectivity index (χ2n) is 11.6. The number of amides is 3. The smallest absolute Gasteiger partial charge is 0.273 e. The van der Waals surface area contributed by atoms with Gasteiger partial charge in [-0.05, 0) is 91.4 Å². The second kappa shape index (κ2) is 16.8. The molecule has 0 saturated carbocycles. The molecule has 0 spiro atoms. The summed E-state index contributed by atoms with van der Waals surface area (Å²) in [6.45, 7) is 4.83. The van der Waals surface area contributed by atoms with E-state index in [2.05, 4.69) is 65.1 Å². The highest BCUT2D eigenvalue weighted by atomic mass is 32.1. The van der Waals surface area contributed by atoms with Crippen LogP contribution in [0.3, 0.4) is 0 Å². The Kier molecular flexibility index (Phi) is 11.5. The third-order valence-corrected chi connectivity index (χ3v) is 9.70. The van der Waals surface area contributed by atoms with Crippen molar-refractivity contribution >= 4 is 72.6 Å². The number of pyridine rings is 2. The number of benzene rings is 2. The number of aryl methyl sites for hydroxylation is 1. The van der Waals surface area contributed by atoms with Gasteiger partial charge in [0.25, 0.3) is 11.8 Å². The molecule has 50 heavy (non-hydrogen) atoms. The highest BCUT2D eigenvalue weighted by Crippen LogP contribution is 2.28. The number of carbonyl (C=O) groups is 3. The lowest BCUT2D eigenvalue weighted by Gasteiger charge is -2.23. The molecule has 256 valence electrons. The molecule has 7 rings (SSSR count). The molecule has 0 bridgehead atoms. The molecule has 0 radical (unpaired) electrons.